The van der Waals surface area contributed by atoms with Crippen molar-refractivity contribution in [2.75, 3.05) is 5.32 Å². The number of nitrogens with zero attached hydrogens (tertiary/aromatic N) is 1. The van der Waals surface area contributed by atoms with E-state index in [-0.39, 0.29) is 11.2 Å². The fourth-order valence-corrected chi connectivity index (χ4v) is 1.86. The molecule has 0 spiro atoms. The predicted molar refractivity (Wildman–Crippen MR) is 73.0 cm³/mol. The number of H-pyrrole nitrogens is 1. The molecule has 1 aromatic heterocycles. The van der Waals surface area contributed by atoms with Crippen molar-refractivity contribution >= 4 is 22.7 Å². The normalized spacial score (nSPS) is 11.2. The molecule has 2 aromatic rings. The molecule has 0 aliphatic rings. The zero-order chi connectivity index (χ0) is 15.5. The number of hydrogen-bond acceptors (Lipinski definition) is 4. The van der Waals surface area contributed by atoms with Crippen molar-refractivity contribution in [3.63, 3.8) is 0 Å². The Kier molecular flexibility index (Phi) is 4.32. The number of alkyl halides is 3. The highest BCUT2D eigenvalue weighted by atomic mass is 32.2. The van der Waals surface area contributed by atoms with Gasteiger partial charge in [-0.05, 0) is 18.2 Å². The average Bonchev–Trinajstić information content (AvgIpc) is 2.38. The fourth-order valence-electron chi connectivity index (χ4n) is 1.48. The minimum Gasteiger partial charge on any atom is -0.317 e. The van der Waals surface area contributed by atoms with Crippen molar-refractivity contribution in [2.24, 2.45) is 0 Å². The number of amides is 1. The fraction of sp³-hybridized carbons (Fsp3) is 0.0833. The molecule has 110 valence electrons. The molecule has 2 rings (SSSR count). The molecule has 0 unspecified atom stereocenters. The van der Waals surface area contributed by atoms with Gasteiger partial charge in [0.2, 0.25) is 0 Å². The largest absolute Gasteiger partial charge is 0.450 e. The number of halogens is 3. The number of anilines is 1. The summed E-state index contributed by atoms with van der Waals surface area (Å²) < 4.78 is 36.0. The minimum atomic E-state index is -4.62. The predicted octanol–water partition coefficient (Wildman–Crippen LogP) is 3.22. The maximum absolute atomic E-state index is 12.0. The lowest BCUT2D eigenvalue weighted by molar-refractivity contribution is -0.0318. The quantitative estimate of drug-likeness (QED) is 0.892. The monoisotopic (exact) mass is 315 g/mol. The number of thioether (sulfide) groups is 1. The average molecular weight is 315 g/mol. The third-order valence-corrected chi connectivity index (χ3v) is 2.83. The van der Waals surface area contributed by atoms with Crippen LogP contribution >= 0.6 is 11.8 Å². The molecule has 5 nitrogen and oxygen atoms in total. The smallest absolute Gasteiger partial charge is 0.317 e. The molecule has 1 heterocycles. The van der Waals surface area contributed by atoms with E-state index in [1.165, 1.54) is 24.3 Å². The van der Waals surface area contributed by atoms with Gasteiger partial charge in [0.15, 0.2) is 0 Å². The molecule has 0 aliphatic carbocycles. The molecule has 1 amide bonds. The van der Waals surface area contributed by atoms with E-state index in [2.05, 4.69) is 15.5 Å². The van der Waals surface area contributed by atoms with Crippen molar-refractivity contribution in [3.05, 3.63) is 46.8 Å². The minimum absolute atomic E-state index is 0.227. The molecule has 0 bridgehead atoms. The molecule has 1 aromatic carbocycles. The SMILES string of the molecule is O=C(Nc1ccc(-c2ccc(=O)[nH]n2)cc1)SC(F)(F)F. The molecule has 21 heavy (non-hydrogen) atoms. The van der Waals surface area contributed by atoms with Crippen LogP contribution in [0.5, 0.6) is 0 Å². The van der Waals surface area contributed by atoms with Crippen LogP contribution in [0.2, 0.25) is 0 Å². The number of nitrogens with one attached hydrogen (secondary N) is 2. The van der Waals surface area contributed by atoms with E-state index in [4.69, 9.17) is 0 Å². The van der Waals surface area contributed by atoms with Crippen molar-refractivity contribution in [2.45, 2.75) is 5.51 Å². The first kappa shape index (κ1) is 15.1. The molecule has 9 heteroatoms. The number of benzene rings is 1. The van der Waals surface area contributed by atoms with Gasteiger partial charge in [-0.25, -0.2) is 5.10 Å². The van der Waals surface area contributed by atoms with Gasteiger partial charge in [-0.1, -0.05) is 12.1 Å². The topological polar surface area (TPSA) is 74.8 Å². The summed E-state index contributed by atoms with van der Waals surface area (Å²) in [4.78, 5) is 22.0. The molecule has 2 N–H and O–H groups in total. The van der Waals surface area contributed by atoms with Gasteiger partial charge in [-0.15, -0.1) is 0 Å². The van der Waals surface area contributed by atoms with E-state index in [0.717, 1.165) is 0 Å². The summed E-state index contributed by atoms with van der Waals surface area (Å²) in [6, 6.07) is 8.82. The third kappa shape index (κ3) is 4.63. The number of carbonyl (C=O) groups excluding carboxylic acids is 1. The van der Waals surface area contributed by atoms with Crippen LogP contribution in [0, 0.1) is 0 Å². The van der Waals surface area contributed by atoms with Gasteiger partial charge in [0, 0.05) is 29.1 Å². The molecule has 0 aliphatic heterocycles. The van der Waals surface area contributed by atoms with Crippen molar-refractivity contribution in [1.29, 1.82) is 0 Å². The summed E-state index contributed by atoms with van der Waals surface area (Å²) >= 11 is -0.748. The molecule has 0 radical (unpaired) electrons. The summed E-state index contributed by atoms with van der Waals surface area (Å²) in [7, 11) is 0. The van der Waals surface area contributed by atoms with Gasteiger partial charge in [0.25, 0.3) is 10.8 Å². The summed E-state index contributed by atoms with van der Waals surface area (Å²) in [5, 5.41) is 6.98. The highest BCUT2D eigenvalue weighted by Gasteiger charge is 2.32. The van der Waals surface area contributed by atoms with Gasteiger partial charge < -0.3 is 5.32 Å². The second kappa shape index (κ2) is 6.00. The van der Waals surface area contributed by atoms with Crippen LogP contribution in [0.25, 0.3) is 11.3 Å². The van der Waals surface area contributed by atoms with E-state index < -0.39 is 22.5 Å². The van der Waals surface area contributed by atoms with E-state index in [0.29, 0.717) is 11.3 Å². The Morgan fingerprint density at radius 3 is 2.33 bits per heavy atom. The zero-order valence-corrected chi connectivity index (χ0v) is 11.1. The van der Waals surface area contributed by atoms with Gasteiger partial charge in [0.05, 0.1) is 5.69 Å². The van der Waals surface area contributed by atoms with Gasteiger partial charge >= 0.3 is 5.51 Å². The van der Waals surface area contributed by atoms with Crippen LogP contribution < -0.4 is 10.9 Å². The van der Waals surface area contributed by atoms with Crippen LogP contribution in [0.3, 0.4) is 0 Å². The number of rotatable bonds is 2. The first-order valence-corrected chi connectivity index (χ1v) is 6.38. The summed E-state index contributed by atoms with van der Waals surface area (Å²) in [5.74, 6) is 0. The lowest BCUT2D eigenvalue weighted by Gasteiger charge is -2.07. The molecule has 0 saturated carbocycles. The molecule has 0 saturated heterocycles. The second-order valence-electron chi connectivity index (χ2n) is 3.84. The Morgan fingerprint density at radius 2 is 1.81 bits per heavy atom. The number of hydrogen-bond donors (Lipinski definition) is 2. The van der Waals surface area contributed by atoms with E-state index in [9.17, 15) is 22.8 Å². The van der Waals surface area contributed by atoms with E-state index >= 15 is 0 Å². The number of carbonyl (C=O) groups is 1. The summed E-state index contributed by atoms with van der Waals surface area (Å²) in [6.07, 6.45) is 0. The van der Waals surface area contributed by atoms with Gasteiger partial charge in [-0.2, -0.15) is 18.3 Å². The van der Waals surface area contributed by atoms with E-state index in [1.807, 2.05) is 0 Å². The summed E-state index contributed by atoms with van der Waals surface area (Å²) in [5.41, 5.74) is -3.59. The number of aromatic amines is 1. The Morgan fingerprint density at radius 1 is 1.14 bits per heavy atom. The van der Waals surface area contributed by atoms with Crippen molar-refractivity contribution in [3.8, 4) is 11.3 Å². The maximum Gasteiger partial charge on any atom is 0.450 e. The summed E-state index contributed by atoms with van der Waals surface area (Å²) in [6.45, 7) is 0. The maximum atomic E-state index is 12.0. The van der Waals surface area contributed by atoms with Gasteiger partial charge in [0.1, 0.15) is 0 Å². The van der Waals surface area contributed by atoms with Crippen LogP contribution in [-0.4, -0.2) is 20.9 Å². The Hall–Kier alpha value is -2.29. The van der Waals surface area contributed by atoms with Crippen LogP contribution in [0.4, 0.5) is 23.7 Å². The number of aromatic nitrogens is 2. The van der Waals surface area contributed by atoms with E-state index in [1.54, 1.807) is 12.1 Å². The lowest BCUT2D eigenvalue weighted by Crippen LogP contribution is -2.12. The van der Waals surface area contributed by atoms with Crippen LogP contribution in [-0.2, 0) is 0 Å². The molecule has 0 atom stereocenters. The molecular formula is C12H8F3N3O2S. The standard InChI is InChI=1S/C12H8F3N3O2S/c13-12(14,15)21-11(20)16-8-3-1-7(2-4-8)9-5-6-10(19)18-17-9/h1-6H,(H,16,20)(H,18,19). The first-order valence-electron chi connectivity index (χ1n) is 5.56. The Balaban J connectivity index is 2.07. The Labute approximate surface area is 120 Å². The molecular weight excluding hydrogens is 307 g/mol. The highest BCUT2D eigenvalue weighted by molar-refractivity contribution is 8.14. The second-order valence-corrected chi connectivity index (χ2v) is 4.88. The van der Waals surface area contributed by atoms with Crippen molar-refractivity contribution in [1.82, 2.24) is 10.2 Å². The Bertz CT molecular complexity index is 678. The van der Waals surface area contributed by atoms with Gasteiger partial charge in [-0.3, -0.25) is 9.59 Å². The highest BCUT2D eigenvalue weighted by Crippen LogP contribution is 2.31. The lowest BCUT2D eigenvalue weighted by atomic mass is 10.1. The third-order valence-electron chi connectivity index (χ3n) is 2.31. The van der Waals surface area contributed by atoms with Crippen LogP contribution in [0.15, 0.2) is 41.2 Å². The first-order chi connectivity index (χ1) is 9.83. The van der Waals surface area contributed by atoms with Crippen molar-refractivity contribution < 1.29 is 18.0 Å². The molecule has 0 fully saturated rings. The zero-order valence-electron chi connectivity index (χ0n) is 10.3. The van der Waals surface area contributed by atoms with Crippen LogP contribution in [0.1, 0.15) is 0 Å².